The van der Waals surface area contributed by atoms with E-state index in [0.29, 0.717) is 17.3 Å². The molecule has 0 spiro atoms. The predicted molar refractivity (Wildman–Crippen MR) is 116 cm³/mol. The lowest BCUT2D eigenvalue weighted by Crippen LogP contribution is -2.50. The number of hydrogen-bond donors (Lipinski definition) is 2. The molecule has 0 aliphatic carbocycles. The van der Waals surface area contributed by atoms with Crippen molar-refractivity contribution in [2.45, 2.75) is 32.0 Å². The number of aryl methyl sites for hydroxylation is 1. The summed E-state index contributed by atoms with van der Waals surface area (Å²) in [4.78, 5) is 15.1. The van der Waals surface area contributed by atoms with Gasteiger partial charge in [-0.2, -0.15) is 4.98 Å². The lowest BCUT2D eigenvalue weighted by molar-refractivity contribution is 0.293. The zero-order valence-electron chi connectivity index (χ0n) is 16.4. The van der Waals surface area contributed by atoms with Gasteiger partial charge < -0.3 is 10.3 Å². The summed E-state index contributed by atoms with van der Waals surface area (Å²) in [6.45, 7) is 4.00. The Hall–Kier alpha value is -2.65. The van der Waals surface area contributed by atoms with Gasteiger partial charge in [-0.1, -0.05) is 28.9 Å². The summed E-state index contributed by atoms with van der Waals surface area (Å²) in [5.41, 5.74) is 9.75. The molecule has 4 heterocycles. The standard InChI is InChI=1S/C21H19ClN6OS/c1-11-24-9-14-16(27-11)8-21(2,28-19(14)23)18-15(22)7-17(30-18)12-4-3-5-13(6-12)20-25-10-26-29-20/h3-7,9-10,19,28H,8,23H2,1-2H3/t19?,21-/m0/s1. The first-order valence-electron chi connectivity index (χ1n) is 9.46. The van der Waals surface area contributed by atoms with Crippen molar-refractivity contribution in [2.24, 2.45) is 5.73 Å². The molecule has 0 radical (unpaired) electrons. The van der Waals surface area contributed by atoms with Crippen LogP contribution in [-0.4, -0.2) is 20.1 Å². The number of nitrogens with two attached hydrogens (primary N) is 1. The Labute approximate surface area is 182 Å². The van der Waals surface area contributed by atoms with E-state index in [1.54, 1.807) is 17.5 Å². The highest BCUT2D eigenvalue weighted by atomic mass is 35.5. The fraction of sp³-hybridized carbons (Fsp3) is 0.238. The summed E-state index contributed by atoms with van der Waals surface area (Å²) in [6, 6.07) is 9.96. The van der Waals surface area contributed by atoms with Gasteiger partial charge in [-0.25, -0.2) is 9.97 Å². The van der Waals surface area contributed by atoms with Crippen molar-refractivity contribution in [2.75, 3.05) is 0 Å². The second-order valence-electron chi connectivity index (χ2n) is 7.57. The van der Waals surface area contributed by atoms with Crippen LogP contribution in [0.1, 0.15) is 35.0 Å². The van der Waals surface area contributed by atoms with E-state index in [9.17, 15) is 0 Å². The largest absolute Gasteiger partial charge is 0.334 e. The molecule has 1 aliphatic heterocycles. The van der Waals surface area contributed by atoms with Gasteiger partial charge in [0.05, 0.1) is 22.4 Å². The number of aromatic nitrogens is 4. The first-order chi connectivity index (χ1) is 14.4. The minimum absolute atomic E-state index is 0.359. The summed E-state index contributed by atoms with van der Waals surface area (Å²) in [7, 11) is 0. The summed E-state index contributed by atoms with van der Waals surface area (Å²) in [6.07, 6.45) is 3.52. The number of benzene rings is 1. The number of thiophene rings is 1. The van der Waals surface area contributed by atoms with Crippen LogP contribution in [0, 0.1) is 6.92 Å². The Balaban J connectivity index is 1.53. The SMILES string of the molecule is Cc1ncc2c(n1)C[C@@](C)(c1sc(-c3cccc(-c4ncno4)c3)cc1Cl)NC2N. The average molecular weight is 439 g/mol. The average Bonchev–Trinajstić information content (AvgIpc) is 3.38. The van der Waals surface area contributed by atoms with E-state index in [1.165, 1.54) is 6.33 Å². The van der Waals surface area contributed by atoms with Crippen LogP contribution in [0.5, 0.6) is 0 Å². The van der Waals surface area contributed by atoms with Crippen molar-refractivity contribution in [1.82, 2.24) is 25.4 Å². The van der Waals surface area contributed by atoms with Crippen LogP contribution < -0.4 is 11.1 Å². The van der Waals surface area contributed by atoms with Gasteiger partial charge in [0.2, 0.25) is 0 Å². The van der Waals surface area contributed by atoms with Crippen LogP contribution in [0.15, 0.2) is 47.4 Å². The maximum atomic E-state index is 6.72. The zero-order chi connectivity index (χ0) is 20.9. The molecule has 0 amide bonds. The summed E-state index contributed by atoms with van der Waals surface area (Å²) >= 11 is 8.36. The van der Waals surface area contributed by atoms with Gasteiger partial charge in [0.1, 0.15) is 5.82 Å². The molecule has 30 heavy (non-hydrogen) atoms. The second kappa shape index (κ2) is 7.24. The summed E-state index contributed by atoms with van der Waals surface area (Å²) in [5.74, 6) is 1.22. The molecule has 1 aromatic carbocycles. The molecule has 7 nitrogen and oxygen atoms in total. The van der Waals surface area contributed by atoms with Gasteiger partial charge in [-0.3, -0.25) is 5.32 Å². The third-order valence-electron chi connectivity index (χ3n) is 5.29. The van der Waals surface area contributed by atoms with Crippen molar-refractivity contribution in [3.05, 3.63) is 69.8 Å². The van der Waals surface area contributed by atoms with Crippen LogP contribution in [0.3, 0.4) is 0 Å². The first kappa shape index (κ1) is 19.3. The van der Waals surface area contributed by atoms with Gasteiger partial charge in [0, 0.05) is 33.5 Å². The van der Waals surface area contributed by atoms with Crippen LogP contribution >= 0.6 is 22.9 Å². The summed E-state index contributed by atoms with van der Waals surface area (Å²) < 4.78 is 5.19. The molecular formula is C21H19ClN6OS. The Morgan fingerprint density at radius 3 is 2.90 bits per heavy atom. The number of rotatable bonds is 3. The second-order valence-corrected chi connectivity index (χ2v) is 9.02. The van der Waals surface area contributed by atoms with E-state index in [-0.39, 0.29) is 6.17 Å². The van der Waals surface area contributed by atoms with Crippen molar-refractivity contribution in [3.8, 4) is 21.9 Å². The van der Waals surface area contributed by atoms with Crippen molar-refractivity contribution >= 4 is 22.9 Å². The molecule has 0 bridgehead atoms. The Kier molecular flexibility index (Phi) is 4.67. The highest BCUT2D eigenvalue weighted by molar-refractivity contribution is 7.16. The third kappa shape index (κ3) is 3.31. The number of nitrogens with one attached hydrogen (secondary N) is 1. The number of hydrogen-bond acceptors (Lipinski definition) is 8. The fourth-order valence-corrected chi connectivity index (χ4v) is 5.53. The monoisotopic (exact) mass is 438 g/mol. The van der Waals surface area contributed by atoms with Gasteiger partial charge in [0.15, 0.2) is 6.33 Å². The topological polar surface area (TPSA) is 103 Å². The van der Waals surface area contributed by atoms with Crippen LogP contribution in [0.2, 0.25) is 5.02 Å². The molecule has 2 atom stereocenters. The lowest BCUT2D eigenvalue weighted by atomic mass is 9.87. The Morgan fingerprint density at radius 1 is 1.27 bits per heavy atom. The normalized spacial score (nSPS) is 20.9. The zero-order valence-corrected chi connectivity index (χ0v) is 18.0. The van der Waals surface area contributed by atoms with E-state index in [2.05, 4.69) is 32.3 Å². The van der Waals surface area contributed by atoms with Crippen LogP contribution in [-0.2, 0) is 12.0 Å². The van der Waals surface area contributed by atoms with Gasteiger partial charge in [-0.15, -0.1) is 11.3 Å². The van der Waals surface area contributed by atoms with E-state index < -0.39 is 5.54 Å². The number of halogens is 1. The maximum Gasteiger partial charge on any atom is 0.257 e. The van der Waals surface area contributed by atoms with Gasteiger partial charge >= 0.3 is 0 Å². The molecule has 0 saturated heterocycles. The molecule has 3 aromatic heterocycles. The minimum atomic E-state index is -0.433. The highest BCUT2D eigenvalue weighted by Crippen LogP contribution is 2.44. The van der Waals surface area contributed by atoms with E-state index in [0.717, 1.165) is 38.0 Å². The fourth-order valence-electron chi connectivity index (χ4n) is 3.87. The molecule has 5 rings (SSSR count). The third-order valence-corrected chi connectivity index (χ3v) is 7.15. The van der Waals surface area contributed by atoms with E-state index in [4.69, 9.17) is 21.9 Å². The molecule has 4 aromatic rings. The van der Waals surface area contributed by atoms with Crippen molar-refractivity contribution < 1.29 is 4.52 Å². The molecule has 1 unspecified atom stereocenters. The minimum Gasteiger partial charge on any atom is -0.334 e. The van der Waals surface area contributed by atoms with Crippen LogP contribution in [0.25, 0.3) is 21.9 Å². The Morgan fingerprint density at radius 2 is 2.10 bits per heavy atom. The number of nitrogens with zero attached hydrogens (tertiary/aromatic N) is 4. The molecule has 0 saturated carbocycles. The van der Waals surface area contributed by atoms with Crippen LogP contribution in [0.4, 0.5) is 0 Å². The van der Waals surface area contributed by atoms with Crippen molar-refractivity contribution in [3.63, 3.8) is 0 Å². The van der Waals surface area contributed by atoms with E-state index >= 15 is 0 Å². The lowest BCUT2D eigenvalue weighted by Gasteiger charge is -2.38. The van der Waals surface area contributed by atoms with Gasteiger partial charge in [0.25, 0.3) is 5.89 Å². The highest BCUT2D eigenvalue weighted by Gasteiger charge is 2.38. The summed E-state index contributed by atoms with van der Waals surface area (Å²) in [5, 5.41) is 7.90. The van der Waals surface area contributed by atoms with Gasteiger partial charge in [-0.05, 0) is 37.6 Å². The molecule has 3 N–H and O–H groups in total. The van der Waals surface area contributed by atoms with Crippen molar-refractivity contribution in [1.29, 1.82) is 0 Å². The first-order valence-corrected chi connectivity index (χ1v) is 10.7. The molecule has 1 aliphatic rings. The maximum absolute atomic E-state index is 6.72. The predicted octanol–water partition coefficient (Wildman–Crippen LogP) is 4.24. The molecule has 152 valence electrons. The molecular weight excluding hydrogens is 420 g/mol. The molecule has 0 fully saturated rings. The van der Waals surface area contributed by atoms with E-state index in [1.807, 2.05) is 37.3 Å². The Bertz CT molecular complexity index is 1220. The molecule has 9 heteroatoms. The quantitative estimate of drug-likeness (QED) is 0.493. The number of fused-ring (bicyclic) bond motifs is 1. The smallest absolute Gasteiger partial charge is 0.257 e.